The van der Waals surface area contributed by atoms with Gasteiger partial charge in [0.25, 0.3) is 0 Å². The molecule has 1 aromatic carbocycles. The van der Waals surface area contributed by atoms with Crippen molar-refractivity contribution in [2.45, 2.75) is 13.1 Å². The Morgan fingerprint density at radius 3 is 3.00 bits per heavy atom. The van der Waals surface area contributed by atoms with Crippen molar-refractivity contribution in [3.8, 4) is 28.8 Å². The van der Waals surface area contributed by atoms with Gasteiger partial charge in [-0.2, -0.15) is 5.26 Å². The number of aromatic nitrogens is 3. The molecule has 0 spiro atoms. The molecule has 0 fully saturated rings. The molecule has 1 aliphatic heterocycles. The first-order valence-electron chi connectivity index (χ1n) is 5.73. The number of ether oxygens (including phenoxy) is 2. The lowest BCUT2D eigenvalue weighted by molar-refractivity contribution is 0.174. The van der Waals surface area contributed by atoms with E-state index in [1.165, 1.54) is 4.68 Å². The monoisotopic (exact) mass is 257 g/mol. The Bertz CT molecular complexity index is 659. The van der Waals surface area contributed by atoms with Gasteiger partial charge < -0.3 is 15.2 Å². The number of fused-ring (bicyclic) bond motifs is 1. The van der Waals surface area contributed by atoms with Crippen molar-refractivity contribution in [1.82, 2.24) is 15.0 Å². The first kappa shape index (κ1) is 11.5. The fourth-order valence-corrected chi connectivity index (χ4v) is 2.02. The van der Waals surface area contributed by atoms with Gasteiger partial charge in [-0.3, -0.25) is 0 Å². The van der Waals surface area contributed by atoms with Crippen LogP contribution in [0.15, 0.2) is 18.2 Å². The molecule has 0 bridgehead atoms. The second-order valence-corrected chi connectivity index (χ2v) is 3.97. The minimum Gasteiger partial charge on any atom is -0.454 e. The van der Waals surface area contributed by atoms with Gasteiger partial charge in [-0.25, -0.2) is 4.68 Å². The fourth-order valence-electron chi connectivity index (χ4n) is 2.02. The lowest BCUT2D eigenvalue weighted by Gasteiger charge is -2.06. The maximum atomic E-state index is 8.81. The third kappa shape index (κ3) is 1.88. The number of hydrogen-bond acceptors (Lipinski definition) is 6. The summed E-state index contributed by atoms with van der Waals surface area (Å²) >= 11 is 0. The summed E-state index contributed by atoms with van der Waals surface area (Å²) in [7, 11) is 0. The van der Waals surface area contributed by atoms with Gasteiger partial charge in [-0.1, -0.05) is 5.21 Å². The van der Waals surface area contributed by atoms with E-state index in [2.05, 4.69) is 10.3 Å². The summed E-state index contributed by atoms with van der Waals surface area (Å²) in [5.74, 6) is 1.38. The molecule has 0 atom stereocenters. The van der Waals surface area contributed by atoms with E-state index < -0.39 is 0 Å². The number of benzene rings is 1. The smallest absolute Gasteiger partial charge is 0.231 e. The zero-order valence-electron chi connectivity index (χ0n) is 10.0. The maximum Gasteiger partial charge on any atom is 0.231 e. The van der Waals surface area contributed by atoms with E-state index in [0.29, 0.717) is 17.2 Å². The number of rotatable bonds is 3. The van der Waals surface area contributed by atoms with Crippen LogP contribution in [0.2, 0.25) is 0 Å². The van der Waals surface area contributed by atoms with Crippen LogP contribution in [0.1, 0.15) is 5.69 Å². The Balaban J connectivity index is 2.10. The van der Waals surface area contributed by atoms with Crippen LogP contribution >= 0.6 is 0 Å². The summed E-state index contributed by atoms with van der Waals surface area (Å²) in [6, 6.07) is 7.58. The predicted octanol–water partition coefficient (Wildman–Crippen LogP) is 0.656. The molecular weight excluding hydrogens is 246 g/mol. The minimum absolute atomic E-state index is 0.122. The highest BCUT2D eigenvalue weighted by Crippen LogP contribution is 2.36. The largest absolute Gasteiger partial charge is 0.454 e. The SMILES string of the molecule is N#CCn1nnc(CN)c1-c1ccc2c(c1)OCO2. The molecule has 0 saturated heterocycles. The first-order chi connectivity index (χ1) is 9.33. The molecule has 1 aromatic heterocycles. The Labute approximate surface area is 109 Å². The van der Waals surface area contributed by atoms with Crippen LogP contribution < -0.4 is 15.2 Å². The topological polar surface area (TPSA) is 99.0 Å². The third-order valence-corrected chi connectivity index (χ3v) is 2.86. The van der Waals surface area contributed by atoms with E-state index in [9.17, 15) is 0 Å². The third-order valence-electron chi connectivity index (χ3n) is 2.86. The summed E-state index contributed by atoms with van der Waals surface area (Å²) in [4.78, 5) is 0. The summed E-state index contributed by atoms with van der Waals surface area (Å²) in [5.41, 5.74) is 7.89. The lowest BCUT2D eigenvalue weighted by atomic mass is 10.1. The molecular formula is C12H11N5O2. The fraction of sp³-hybridized carbons (Fsp3) is 0.250. The van der Waals surface area contributed by atoms with E-state index in [4.69, 9.17) is 20.5 Å². The number of nitrogens with zero attached hydrogens (tertiary/aromatic N) is 4. The van der Waals surface area contributed by atoms with Gasteiger partial charge >= 0.3 is 0 Å². The van der Waals surface area contributed by atoms with E-state index >= 15 is 0 Å². The van der Waals surface area contributed by atoms with Crippen molar-refractivity contribution < 1.29 is 9.47 Å². The molecule has 7 heteroatoms. The summed E-state index contributed by atoms with van der Waals surface area (Å²) in [6.45, 7) is 0.601. The molecule has 0 saturated carbocycles. The van der Waals surface area contributed by atoms with Gasteiger partial charge in [0.05, 0.1) is 11.8 Å². The van der Waals surface area contributed by atoms with Crippen LogP contribution in [0, 0.1) is 11.3 Å². The van der Waals surface area contributed by atoms with Gasteiger partial charge in [-0.05, 0) is 18.2 Å². The summed E-state index contributed by atoms with van der Waals surface area (Å²) in [5, 5.41) is 16.7. The van der Waals surface area contributed by atoms with Crippen molar-refractivity contribution in [2.75, 3.05) is 6.79 Å². The molecule has 0 aliphatic carbocycles. The minimum atomic E-state index is 0.122. The Morgan fingerprint density at radius 2 is 2.21 bits per heavy atom. The number of nitriles is 1. The average molecular weight is 257 g/mol. The quantitative estimate of drug-likeness (QED) is 0.867. The van der Waals surface area contributed by atoms with E-state index in [1.807, 2.05) is 24.3 Å². The first-order valence-corrected chi connectivity index (χ1v) is 5.73. The van der Waals surface area contributed by atoms with Gasteiger partial charge in [0.2, 0.25) is 6.79 Å². The molecule has 3 rings (SSSR count). The molecule has 7 nitrogen and oxygen atoms in total. The van der Waals surface area contributed by atoms with Gasteiger partial charge in [0.15, 0.2) is 11.5 Å². The Hall–Kier alpha value is -2.59. The van der Waals surface area contributed by atoms with Crippen LogP contribution in [-0.2, 0) is 13.1 Å². The maximum absolute atomic E-state index is 8.81. The van der Waals surface area contributed by atoms with Crippen molar-refractivity contribution in [3.63, 3.8) is 0 Å². The van der Waals surface area contributed by atoms with Crippen molar-refractivity contribution in [2.24, 2.45) is 5.73 Å². The van der Waals surface area contributed by atoms with Crippen LogP contribution in [0.3, 0.4) is 0 Å². The van der Waals surface area contributed by atoms with Gasteiger partial charge in [0.1, 0.15) is 12.2 Å². The van der Waals surface area contributed by atoms with Crippen LogP contribution in [-0.4, -0.2) is 21.8 Å². The molecule has 0 radical (unpaired) electrons. The zero-order valence-corrected chi connectivity index (χ0v) is 10.0. The second-order valence-electron chi connectivity index (χ2n) is 3.97. The van der Waals surface area contributed by atoms with Crippen molar-refractivity contribution >= 4 is 0 Å². The van der Waals surface area contributed by atoms with Gasteiger partial charge in [0, 0.05) is 12.1 Å². The van der Waals surface area contributed by atoms with Gasteiger partial charge in [-0.15, -0.1) is 5.10 Å². The second kappa shape index (κ2) is 4.59. The van der Waals surface area contributed by atoms with E-state index in [-0.39, 0.29) is 19.9 Å². The molecule has 0 unspecified atom stereocenters. The van der Waals surface area contributed by atoms with E-state index in [1.54, 1.807) is 0 Å². The molecule has 19 heavy (non-hydrogen) atoms. The van der Waals surface area contributed by atoms with Crippen molar-refractivity contribution in [1.29, 1.82) is 5.26 Å². The lowest BCUT2D eigenvalue weighted by Crippen LogP contribution is -2.03. The molecule has 1 aliphatic rings. The highest BCUT2D eigenvalue weighted by molar-refractivity contribution is 5.66. The Morgan fingerprint density at radius 1 is 1.37 bits per heavy atom. The molecule has 96 valence electrons. The normalized spacial score (nSPS) is 12.4. The average Bonchev–Trinajstić information content (AvgIpc) is 3.04. The van der Waals surface area contributed by atoms with Crippen LogP contribution in [0.4, 0.5) is 0 Å². The molecule has 0 amide bonds. The highest BCUT2D eigenvalue weighted by atomic mass is 16.7. The number of nitrogens with two attached hydrogens (primary N) is 1. The summed E-state index contributed by atoms with van der Waals surface area (Å²) in [6.07, 6.45) is 0. The molecule has 2 aromatic rings. The van der Waals surface area contributed by atoms with E-state index in [0.717, 1.165) is 11.3 Å². The predicted molar refractivity (Wildman–Crippen MR) is 65.1 cm³/mol. The highest BCUT2D eigenvalue weighted by Gasteiger charge is 2.18. The van der Waals surface area contributed by atoms with Crippen LogP contribution in [0.25, 0.3) is 11.3 Å². The summed E-state index contributed by atoms with van der Waals surface area (Å²) < 4.78 is 12.1. The van der Waals surface area contributed by atoms with Crippen LogP contribution in [0.5, 0.6) is 11.5 Å². The molecule has 2 N–H and O–H groups in total. The molecule has 2 heterocycles. The van der Waals surface area contributed by atoms with Crippen molar-refractivity contribution in [3.05, 3.63) is 23.9 Å². The zero-order chi connectivity index (χ0) is 13.2. The number of hydrogen-bond donors (Lipinski definition) is 1. The Kier molecular flexibility index (Phi) is 2.78. The standard InChI is InChI=1S/C12H11N5O2/c13-3-4-17-12(9(6-14)15-16-17)8-1-2-10-11(5-8)19-7-18-10/h1-2,5H,4,6-7,14H2.